The lowest BCUT2D eigenvalue weighted by Gasteiger charge is -2.20. The summed E-state index contributed by atoms with van der Waals surface area (Å²) in [6.07, 6.45) is 5.61. The standard InChI is InChI=1S/C26H35FN6O/c1-4-33(5-2)25-14-13-20(18-28-25)19-29-26(34)32(3)15-8-6-7-12-23-17-24(31-30-23)21-10-9-11-22(27)16-21/h9-11,13-14,16-18H,4-8,12,15,19H2,1-3H3,(H,29,34)(H,30,31). The van der Waals surface area contributed by atoms with Crippen LogP contribution in [0.4, 0.5) is 15.0 Å². The van der Waals surface area contributed by atoms with E-state index in [0.29, 0.717) is 13.1 Å². The summed E-state index contributed by atoms with van der Waals surface area (Å²) in [5, 5.41) is 10.3. The number of hydrogen-bond donors (Lipinski definition) is 2. The molecule has 0 radical (unpaired) electrons. The van der Waals surface area contributed by atoms with Gasteiger partial charge < -0.3 is 15.1 Å². The lowest BCUT2D eigenvalue weighted by molar-refractivity contribution is 0.207. The molecule has 0 saturated heterocycles. The number of urea groups is 1. The number of halogens is 1. The van der Waals surface area contributed by atoms with Crippen LogP contribution in [0.5, 0.6) is 0 Å². The van der Waals surface area contributed by atoms with Crippen molar-refractivity contribution in [1.29, 1.82) is 0 Å². The molecule has 0 aliphatic carbocycles. The number of aromatic nitrogens is 3. The molecule has 0 spiro atoms. The van der Waals surface area contributed by atoms with Crippen molar-refractivity contribution in [3.05, 3.63) is 65.7 Å². The maximum atomic E-state index is 13.4. The second kappa shape index (κ2) is 12.7. The highest BCUT2D eigenvalue weighted by molar-refractivity contribution is 5.73. The van der Waals surface area contributed by atoms with Gasteiger partial charge in [0.25, 0.3) is 0 Å². The van der Waals surface area contributed by atoms with Crippen molar-refractivity contribution in [2.75, 3.05) is 31.6 Å². The Balaban J connectivity index is 1.33. The first kappa shape index (κ1) is 25.2. The van der Waals surface area contributed by atoms with E-state index in [1.54, 1.807) is 11.0 Å². The van der Waals surface area contributed by atoms with Gasteiger partial charge in [-0.1, -0.05) is 24.6 Å². The maximum absolute atomic E-state index is 13.4. The van der Waals surface area contributed by atoms with Crippen LogP contribution in [0.25, 0.3) is 11.3 Å². The molecular formula is C26H35FN6O. The van der Waals surface area contributed by atoms with Crippen molar-refractivity contribution in [1.82, 2.24) is 25.4 Å². The Morgan fingerprint density at radius 2 is 1.91 bits per heavy atom. The van der Waals surface area contributed by atoms with Gasteiger partial charge in [-0.05, 0) is 62.9 Å². The van der Waals surface area contributed by atoms with E-state index in [9.17, 15) is 9.18 Å². The fraction of sp³-hybridized carbons (Fsp3) is 0.423. The van der Waals surface area contributed by atoms with Crippen molar-refractivity contribution < 1.29 is 9.18 Å². The number of pyridine rings is 1. The van der Waals surface area contributed by atoms with E-state index in [4.69, 9.17) is 0 Å². The van der Waals surface area contributed by atoms with Gasteiger partial charge in [0.1, 0.15) is 11.6 Å². The van der Waals surface area contributed by atoms with Gasteiger partial charge in [0.15, 0.2) is 0 Å². The lowest BCUT2D eigenvalue weighted by Crippen LogP contribution is -2.37. The molecule has 2 aromatic heterocycles. The molecule has 182 valence electrons. The molecular weight excluding hydrogens is 431 g/mol. The number of nitrogens with one attached hydrogen (secondary N) is 2. The van der Waals surface area contributed by atoms with Crippen molar-refractivity contribution in [2.45, 2.75) is 46.1 Å². The van der Waals surface area contributed by atoms with Crippen molar-refractivity contribution in [3.8, 4) is 11.3 Å². The average molecular weight is 467 g/mol. The number of H-pyrrole nitrogens is 1. The quantitative estimate of drug-likeness (QED) is 0.368. The van der Waals surface area contributed by atoms with E-state index >= 15 is 0 Å². The third kappa shape index (κ3) is 7.30. The Kier molecular flexibility index (Phi) is 9.43. The van der Waals surface area contributed by atoms with Crippen molar-refractivity contribution in [3.63, 3.8) is 0 Å². The van der Waals surface area contributed by atoms with Crippen LogP contribution in [0.2, 0.25) is 0 Å². The predicted octanol–water partition coefficient (Wildman–Crippen LogP) is 5.01. The minimum atomic E-state index is -0.264. The van der Waals surface area contributed by atoms with Gasteiger partial charge in [-0.3, -0.25) is 5.10 Å². The third-order valence-corrected chi connectivity index (χ3v) is 5.88. The zero-order chi connectivity index (χ0) is 24.3. The second-order valence-corrected chi connectivity index (χ2v) is 8.38. The Labute approximate surface area is 201 Å². The second-order valence-electron chi connectivity index (χ2n) is 8.38. The van der Waals surface area contributed by atoms with Crippen LogP contribution in [-0.2, 0) is 13.0 Å². The van der Waals surface area contributed by atoms with Crippen LogP contribution in [0.3, 0.4) is 0 Å². The monoisotopic (exact) mass is 466 g/mol. The molecule has 3 aromatic rings. The molecule has 0 aliphatic heterocycles. The Bertz CT molecular complexity index is 1030. The molecule has 7 nitrogen and oxygen atoms in total. The largest absolute Gasteiger partial charge is 0.357 e. The highest BCUT2D eigenvalue weighted by Gasteiger charge is 2.09. The molecule has 0 atom stereocenters. The topological polar surface area (TPSA) is 77.2 Å². The zero-order valence-corrected chi connectivity index (χ0v) is 20.4. The van der Waals surface area contributed by atoms with Crippen LogP contribution in [0.15, 0.2) is 48.7 Å². The van der Waals surface area contributed by atoms with Crippen molar-refractivity contribution in [2.24, 2.45) is 0 Å². The molecule has 0 unspecified atom stereocenters. The summed E-state index contributed by atoms with van der Waals surface area (Å²) in [7, 11) is 1.82. The number of anilines is 1. The summed E-state index contributed by atoms with van der Waals surface area (Å²) in [6, 6.07) is 12.3. The third-order valence-electron chi connectivity index (χ3n) is 5.88. The number of aryl methyl sites for hydroxylation is 1. The molecule has 0 aliphatic rings. The van der Waals surface area contributed by atoms with Gasteiger partial charge in [0.05, 0.1) is 5.69 Å². The van der Waals surface area contributed by atoms with Crippen LogP contribution in [0, 0.1) is 5.82 Å². The SMILES string of the molecule is CCN(CC)c1ccc(CNC(=O)N(C)CCCCCc2cc(-c3cccc(F)c3)n[nH]2)cn1. The van der Waals surface area contributed by atoms with E-state index in [-0.39, 0.29) is 11.8 Å². The van der Waals surface area contributed by atoms with Crippen LogP contribution < -0.4 is 10.2 Å². The van der Waals surface area contributed by atoms with Gasteiger partial charge in [-0.15, -0.1) is 0 Å². The fourth-order valence-electron chi connectivity index (χ4n) is 3.80. The molecule has 3 rings (SSSR count). The Hall–Kier alpha value is -3.42. The van der Waals surface area contributed by atoms with Crippen LogP contribution >= 0.6 is 0 Å². The molecule has 0 saturated carbocycles. The van der Waals surface area contributed by atoms with Gasteiger partial charge >= 0.3 is 6.03 Å². The number of benzene rings is 1. The number of aromatic amines is 1. The first-order chi connectivity index (χ1) is 16.5. The number of unbranched alkanes of at least 4 members (excludes halogenated alkanes) is 2. The number of carbonyl (C=O) groups is 1. The highest BCUT2D eigenvalue weighted by atomic mass is 19.1. The predicted molar refractivity (Wildman–Crippen MR) is 134 cm³/mol. The summed E-state index contributed by atoms with van der Waals surface area (Å²) >= 11 is 0. The smallest absolute Gasteiger partial charge is 0.317 e. The highest BCUT2D eigenvalue weighted by Crippen LogP contribution is 2.19. The molecule has 2 heterocycles. The summed E-state index contributed by atoms with van der Waals surface area (Å²) in [6.45, 7) is 7.21. The molecule has 34 heavy (non-hydrogen) atoms. The number of hydrogen-bond acceptors (Lipinski definition) is 4. The zero-order valence-electron chi connectivity index (χ0n) is 20.4. The number of amides is 2. The van der Waals surface area contributed by atoms with E-state index < -0.39 is 0 Å². The first-order valence-electron chi connectivity index (χ1n) is 12.0. The van der Waals surface area contributed by atoms with Gasteiger partial charge in [0, 0.05) is 50.7 Å². The molecule has 2 N–H and O–H groups in total. The molecule has 8 heteroatoms. The minimum absolute atomic E-state index is 0.0823. The molecule has 0 bridgehead atoms. The number of rotatable bonds is 12. The minimum Gasteiger partial charge on any atom is -0.357 e. The summed E-state index contributed by atoms with van der Waals surface area (Å²) in [4.78, 5) is 20.8. The van der Waals surface area contributed by atoms with Gasteiger partial charge in [0.2, 0.25) is 0 Å². The van der Waals surface area contributed by atoms with Crippen LogP contribution in [0.1, 0.15) is 44.4 Å². The lowest BCUT2D eigenvalue weighted by atomic mass is 10.1. The fourth-order valence-corrected chi connectivity index (χ4v) is 3.80. The average Bonchev–Trinajstić information content (AvgIpc) is 3.33. The molecule has 0 fully saturated rings. The Morgan fingerprint density at radius 1 is 1.09 bits per heavy atom. The summed E-state index contributed by atoms with van der Waals surface area (Å²) in [5.74, 6) is 0.692. The molecule has 2 amide bonds. The van der Waals surface area contributed by atoms with E-state index in [1.807, 2.05) is 37.5 Å². The van der Waals surface area contributed by atoms with E-state index in [1.165, 1.54) is 12.1 Å². The Morgan fingerprint density at radius 3 is 2.62 bits per heavy atom. The summed E-state index contributed by atoms with van der Waals surface area (Å²) < 4.78 is 13.4. The molecule has 1 aromatic carbocycles. The van der Waals surface area contributed by atoms with Gasteiger partial charge in [-0.25, -0.2) is 14.2 Å². The van der Waals surface area contributed by atoms with Gasteiger partial charge in [-0.2, -0.15) is 5.10 Å². The number of nitrogens with zero attached hydrogens (tertiary/aromatic N) is 4. The normalized spacial score (nSPS) is 10.8. The van der Waals surface area contributed by atoms with E-state index in [2.05, 4.69) is 39.2 Å². The number of carbonyl (C=O) groups excluding carboxylic acids is 1. The summed E-state index contributed by atoms with van der Waals surface area (Å²) in [5.41, 5.74) is 3.54. The van der Waals surface area contributed by atoms with E-state index in [0.717, 1.165) is 67.1 Å². The first-order valence-corrected chi connectivity index (χ1v) is 12.0. The van der Waals surface area contributed by atoms with Crippen molar-refractivity contribution >= 4 is 11.8 Å². The van der Waals surface area contributed by atoms with Crippen LogP contribution in [-0.4, -0.2) is 52.8 Å². The maximum Gasteiger partial charge on any atom is 0.317 e.